The topological polar surface area (TPSA) is 319 Å². The third-order valence-electron chi connectivity index (χ3n) is 20.2. The molecule has 0 radical (unpaired) electrons. The Morgan fingerprint density at radius 1 is 0.536 bits per heavy atom. The summed E-state index contributed by atoms with van der Waals surface area (Å²) in [6.07, 6.45) is 18.7. The molecule has 0 spiro atoms. The molecule has 22 nitrogen and oxygen atoms in total. The van der Waals surface area contributed by atoms with Gasteiger partial charge >= 0.3 is 7.12 Å². The Morgan fingerprint density at radius 3 is 1.37 bits per heavy atom. The van der Waals surface area contributed by atoms with Crippen LogP contribution in [-0.4, -0.2) is 141 Å². The maximum atomic E-state index is 13.0. The second-order valence-corrected chi connectivity index (χ2v) is 36.3. The third kappa shape index (κ3) is 22.5. The number of nitrogens with two attached hydrogens (primary N) is 1. The SMILES string of the molecule is CCc1cc(-c2ccc(CS(=O)(=O)c3ccccc3Cl)nc2OC)cc2cnc(NC3CCC(O)CC3)nc12.CCc1cc(Br)cc2cnc(I)nc12.CCc1cc(Br)cc2cnc(NC3CCC(O)CC3)nc12.COc1nc(CS(=O)(=O)c2ccccc2Cl)ccc1B1OC(C)(C)C(C)(C)O1.NC1CCC(O)CC1. The summed E-state index contributed by atoms with van der Waals surface area (Å²) in [6.45, 7) is 14.2. The van der Waals surface area contributed by atoms with Gasteiger partial charge in [-0.2, -0.15) is 0 Å². The molecule has 30 heteroatoms. The summed E-state index contributed by atoms with van der Waals surface area (Å²) in [7, 11) is -5.00. The van der Waals surface area contributed by atoms with E-state index in [9.17, 15) is 27.0 Å². The van der Waals surface area contributed by atoms with Gasteiger partial charge in [-0.05, 0) is 225 Å². The highest BCUT2D eigenvalue weighted by atomic mass is 127. The van der Waals surface area contributed by atoms with E-state index in [1.165, 1.54) is 37.5 Å². The Morgan fingerprint density at radius 2 is 0.936 bits per heavy atom. The number of pyridine rings is 2. The van der Waals surface area contributed by atoms with E-state index in [0.29, 0.717) is 46.7 Å². The largest absolute Gasteiger partial charge is 0.500 e. The van der Waals surface area contributed by atoms with Crippen LogP contribution in [0.4, 0.5) is 11.9 Å². The summed E-state index contributed by atoms with van der Waals surface area (Å²) in [5, 5.41) is 38.6. The molecule has 0 unspecified atom stereocenters. The van der Waals surface area contributed by atoms with E-state index in [1.54, 1.807) is 54.6 Å². The number of benzene rings is 5. The molecule has 110 heavy (non-hydrogen) atoms. The van der Waals surface area contributed by atoms with Crippen molar-refractivity contribution in [1.29, 1.82) is 0 Å². The van der Waals surface area contributed by atoms with Crippen molar-refractivity contribution >= 4 is 155 Å². The highest BCUT2D eigenvalue weighted by Crippen LogP contribution is 2.39. The van der Waals surface area contributed by atoms with Gasteiger partial charge in [0.15, 0.2) is 23.5 Å². The van der Waals surface area contributed by atoms with E-state index in [-0.39, 0.29) is 61.6 Å². The summed E-state index contributed by atoms with van der Waals surface area (Å²) in [5.41, 5.74) is 14.0. The number of hydrogen-bond donors (Lipinski definition) is 6. The zero-order valence-corrected chi connectivity index (χ0v) is 71.6. The number of aliphatic hydroxyl groups is 3. The van der Waals surface area contributed by atoms with Crippen molar-refractivity contribution < 1.29 is 50.9 Å². The summed E-state index contributed by atoms with van der Waals surface area (Å²) in [5.74, 6) is 1.30. The number of nitrogens with zero attached hydrogens (tertiary/aromatic N) is 8. The molecule has 1 saturated heterocycles. The number of sulfone groups is 2. The van der Waals surface area contributed by atoms with Gasteiger partial charge in [-0.3, -0.25) is 0 Å². The van der Waals surface area contributed by atoms with Crippen LogP contribution in [0.15, 0.2) is 147 Å². The number of methoxy groups -OCH3 is 2. The van der Waals surface area contributed by atoms with E-state index in [0.717, 1.165) is 158 Å². The second-order valence-electron chi connectivity index (χ2n) is 28.8. The fourth-order valence-corrected chi connectivity index (χ4v) is 18.4. The Balaban J connectivity index is 0.000000158. The Hall–Kier alpha value is -6.39. The first-order chi connectivity index (χ1) is 52.4. The maximum Gasteiger partial charge on any atom is 0.500 e. The molecule has 6 heterocycles. The van der Waals surface area contributed by atoms with Crippen molar-refractivity contribution in [2.45, 2.75) is 214 Å². The van der Waals surface area contributed by atoms with Crippen molar-refractivity contribution in [2.24, 2.45) is 5.73 Å². The van der Waals surface area contributed by atoms with Gasteiger partial charge in [0.25, 0.3) is 0 Å². The Labute approximate surface area is 685 Å². The van der Waals surface area contributed by atoms with Crippen molar-refractivity contribution in [3.8, 4) is 22.9 Å². The van der Waals surface area contributed by atoms with Gasteiger partial charge < -0.3 is 50.5 Å². The van der Waals surface area contributed by atoms with Gasteiger partial charge in [-0.25, -0.2) is 56.7 Å². The van der Waals surface area contributed by atoms with Gasteiger partial charge in [0.05, 0.1) is 103 Å². The van der Waals surface area contributed by atoms with E-state index >= 15 is 0 Å². The number of aryl methyl sites for hydroxylation is 3. The highest BCUT2D eigenvalue weighted by Gasteiger charge is 2.53. The molecule has 7 N–H and O–H groups in total. The minimum atomic E-state index is -3.69. The monoisotopic (exact) mass is 1820 g/mol. The lowest BCUT2D eigenvalue weighted by atomic mass is 9.79. The normalized spacial score (nSPS) is 19.5. The zero-order chi connectivity index (χ0) is 79.2. The number of anilines is 2. The lowest BCUT2D eigenvalue weighted by Gasteiger charge is -2.32. The summed E-state index contributed by atoms with van der Waals surface area (Å²) >= 11 is 21.3. The number of aromatic nitrogens is 8. The zero-order valence-electron chi connectivity index (χ0n) is 63.2. The molecular formula is C80H95BBr2Cl2IN11O11S2. The van der Waals surface area contributed by atoms with Crippen LogP contribution < -0.4 is 31.3 Å². The third-order valence-corrected chi connectivity index (χ3v) is 25.9. The molecule has 586 valence electrons. The first-order valence-electron chi connectivity index (χ1n) is 37.0. The van der Waals surface area contributed by atoms with Crippen LogP contribution in [-0.2, 0) is 59.8 Å². The van der Waals surface area contributed by atoms with Crippen LogP contribution in [0.2, 0.25) is 10.0 Å². The number of hydrogen-bond acceptors (Lipinski definition) is 22. The quantitative estimate of drug-likeness (QED) is 0.0280. The van der Waals surface area contributed by atoms with Crippen LogP contribution in [0.3, 0.4) is 0 Å². The van der Waals surface area contributed by atoms with E-state index in [2.05, 4.69) is 140 Å². The van der Waals surface area contributed by atoms with Crippen molar-refractivity contribution in [3.63, 3.8) is 0 Å². The number of fused-ring (bicyclic) bond motifs is 3. The van der Waals surface area contributed by atoms with Gasteiger partial charge in [-0.15, -0.1) is 0 Å². The Kier molecular flexibility index (Phi) is 30.2. The standard InChI is InChI=1S/C29H31ClN4O4S.C19H23BClNO5S.C16H20BrN3O.C10H8BrIN2.C6H13NO/c1-3-18-14-19(15-20-16-31-29(34-27(18)20)33-21-8-11-23(35)12-9-21)24-13-10-22(32-28(24)38-2)17-39(36,37)26-7-5-4-6-25(26)30;1-18(2)19(3,4)27-20(26-18)14-11-10-13(22-17(14)25-5)12-28(23,24)16-9-7-6-8-15(16)21;1-2-10-7-12(17)8-11-9-18-16(20-15(10)11)19-13-3-5-14(21)6-4-13;1-2-6-3-8(11)4-7-5-13-10(12)14-9(6)7;7-5-1-3-6(8)4-2-5/h4-7,10,13-16,21,23,35H,3,8-9,11-12,17H2,1-2H3,(H,31,33,34);6-11H,12H2,1-5H3;7-9,13-14,21H,2-6H2,1H3,(H,18,19,20);3-5H,2H2,1H3;5-6,8H,1-4,7H2. The number of ether oxygens (including phenoxy) is 2. The fourth-order valence-electron chi connectivity index (χ4n) is 13.3. The molecular weight excluding hydrogens is 1720 g/mol. The minimum Gasteiger partial charge on any atom is -0.481 e. The van der Waals surface area contributed by atoms with E-state index < -0.39 is 38.0 Å². The minimum absolute atomic E-state index is 0.0604. The molecule has 0 atom stereocenters. The predicted octanol–water partition coefficient (Wildman–Crippen LogP) is 16.1. The molecule has 0 bridgehead atoms. The van der Waals surface area contributed by atoms with Crippen LogP contribution in [0.1, 0.15) is 154 Å². The van der Waals surface area contributed by atoms with Gasteiger partial charge in [-0.1, -0.05) is 106 Å². The van der Waals surface area contributed by atoms with E-state index in [1.807, 2.05) is 64.5 Å². The number of aliphatic hydroxyl groups excluding tert-OH is 3. The van der Waals surface area contributed by atoms with Crippen LogP contribution in [0.5, 0.6) is 11.8 Å². The molecule has 5 aromatic heterocycles. The summed E-state index contributed by atoms with van der Waals surface area (Å²) in [4.78, 5) is 36.2. The molecule has 4 fully saturated rings. The van der Waals surface area contributed by atoms with Gasteiger partial charge in [0.2, 0.25) is 23.7 Å². The number of rotatable bonds is 17. The Bertz CT molecular complexity index is 5060. The maximum absolute atomic E-state index is 13.0. The number of halogens is 5. The van der Waals surface area contributed by atoms with Crippen molar-refractivity contribution in [1.82, 2.24) is 39.9 Å². The lowest BCUT2D eigenvalue weighted by Crippen LogP contribution is -2.41. The average molecular weight is 1820 g/mol. The average Bonchev–Trinajstić information content (AvgIpc) is 1.45. The lowest BCUT2D eigenvalue weighted by molar-refractivity contribution is 0.00578. The number of nitrogens with one attached hydrogen (secondary N) is 2. The smallest absolute Gasteiger partial charge is 0.481 e. The molecule has 0 amide bonds. The molecule has 10 aromatic rings. The second kappa shape index (κ2) is 38.6. The van der Waals surface area contributed by atoms with Crippen molar-refractivity contribution in [2.75, 3.05) is 24.9 Å². The summed E-state index contributed by atoms with van der Waals surface area (Å²) < 4.78 is 77.4. The molecule has 3 saturated carbocycles. The predicted molar refractivity (Wildman–Crippen MR) is 452 cm³/mol. The van der Waals surface area contributed by atoms with Crippen LogP contribution >= 0.6 is 77.7 Å². The fraction of sp³-hybridized carbons (Fsp3) is 0.425. The van der Waals surface area contributed by atoms with Crippen LogP contribution in [0, 0.1) is 3.83 Å². The summed E-state index contributed by atoms with van der Waals surface area (Å²) in [6, 6.07) is 33.0. The van der Waals surface area contributed by atoms with Gasteiger partial charge in [0.1, 0.15) is 0 Å². The van der Waals surface area contributed by atoms with Crippen LogP contribution in [0.25, 0.3) is 43.8 Å². The van der Waals surface area contributed by atoms with Gasteiger partial charge in [0, 0.05) is 95.4 Å². The highest BCUT2D eigenvalue weighted by molar-refractivity contribution is 14.1. The molecule has 1 aliphatic heterocycles. The molecule has 4 aliphatic rings. The van der Waals surface area contributed by atoms with E-state index in [4.69, 9.17) is 62.8 Å². The molecule has 3 aliphatic carbocycles. The molecule has 14 rings (SSSR count). The first-order valence-corrected chi connectivity index (χ1v) is 43.7. The van der Waals surface area contributed by atoms with Crippen molar-refractivity contribution in [3.05, 3.63) is 179 Å². The molecule has 5 aromatic carbocycles. The first kappa shape index (κ1) is 86.0.